The predicted octanol–water partition coefficient (Wildman–Crippen LogP) is 3.04. The van der Waals surface area contributed by atoms with Gasteiger partial charge in [0.05, 0.1) is 13.7 Å². The predicted molar refractivity (Wildman–Crippen MR) is 95.0 cm³/mol. The fraction of sp³-hybridized carbons (Fsp3) is 0.263. The molecule has 0 saturated heterocycles. The van der Waals surface area contributed by atoms with Gasteiger partial charge in [0.2, 0.25) is 5.82 Å². The van der Waals surface area contributed by atoms with E-state index in [2.05, 4.69) is 15.1 Å². The third kappa shape index (κ3) is 5.53. The van der Waals surface area contributed by atoms with Crippen LogP contribution < -0.4 is 9.47 Å². The molecule has 27 heavy (non-hydrogen) atoms. The van der Waals surface area contributed by atoms with Gasteiger partial charge in [-0.15, -0.1) is 0 Å². The van der Waals surface area contributed by atoms with Crippen LogP contribution >= 0.6 is 0 Å². The van der Waals surface area contributed by atoms with Gasteiger partial charge in [0, 0.05) is 24.4 Å². The summed E-state index contributed by atoms with van der Waals surface area (Å²) in [6.07, 6.45) is 4.06. The zero-order chi connectivity index (χ0) is 18.9. The molecule has 2 heterocycles. The molecule has 0 atom stereocenters. The fourth-order valence-electron chi connectivity index (χ4n) is 2.22. The van der Waals surface area contributed by atoms with Crippen molar-refractivity contribution in [1.82, 2.24) is 15.1 Å². The number of aromatic nitrogens is 3. The lowest BCUT2D eigenvalue weighted by atomic mass is 10.3. The van der Waals surface area contributed by atoms with Gasteiger partial charge in [0.15, 0.2) is 6.61 Å². The molecule has 0 spiro atoms. The number of pyridine rings is 1. The first kappa shape index (κ1) is 18.4. The summed E-state index contributed by atoms with van der Waals surface area (Å²) in [4.78, 5) is 20.0. The van der Waals surface area contributed by atoms with Crippen molar-refractivity contribution in [2.75, 3.05) is 13.7 Å². The first-order valence-electron chi connectivity index (χ1n) is 8.40. The maximum absolute atomic E-state index is 11.8. The first-order valence-corrected chi connectivity index (χ1v) is 8.40. The highest BCUT2D eigenvalue weighted by molar-refractivity contribution is 5.69. The Morgan fingerprint density at radius 3 is 2.70 bits per heavy atom. The molecular weight excluding hydrogens is 350 g/mol. The molecule has 0 amide bonds. The number of carbonyl (C=O) groups is 1. The van der Waals surface area contributed by atoms with Gasteiger partial charge in [-0.25, -0.2) is 0 Å². The van der Waals surface area contributed by atoms with Crippen molar-refractivity contribution in [3.8, 4) is 22.9 Å². The molecule has 0 aliphatic carbocycles. The van der Waals surface area contributed by atoms with Gasteiger partial charge in [-0.1, -0.05) is 5.16 Å². The molecule has 0 unspecified atom stereocenters. The van der Waals surface area contributed by atoms with E-state index in [-0.39, 0.29) is 24.9 Å². The number of nitrogens with zero attached hydrogens (tertiary/aromatic N) is 3. The Labute approximate surface area is 156 Å². The van der Waals surface area contributed by atoms with Crippen LogP contribution in [-0.2, 0) is 16.1 Å². The molecule has 3 rings (SSSR count). The van der Waals surface area contributed by atoms with Crippen molar-refractivity contribution in [1.29, 1.82) is 0 Å². The average Bonchev–Trinajstić information content (AvgIpc) is 3.20. The van der Waals surface area contributed by atoms with E-state index in [0.717, 1.165) is 17.1 Å². The lowest BCUT2D eigenvalue weighted by molar-refractivity contribution is -0.146. The summed E-state index contributed by atoms with van der Waals surface area (Å²) in [5.74, 6) is 1.77. The Bertz CT molecular complexity index is 849. The highest BCUT2D eigenvalue weighted by Gasteiger charge is 2.11. The number of hydrogen-bond donors (Lipinski definition) is 0. The molecule has 1 aromatic carbocycles. The maximum Gasteiger partial charge on any atom is 0.306 e. The molecule has 0 N–H and O–H groups in total. The Kier molecular flexibility index (Phi) is 6.35. The molecule has 2 aromatic heterocycles. The summed E-state index contributed by atoms with van der Waals surface area (Å²) in [6, 6.07) is 10.8. The van der Waals surface area contributed by atoms with Gasteiger partial charge in [-0.3, -0.25) is 9.78 Å². The molecular formula is C19H19N3O5. The Morgan fingerprint density at radius 2 is 1.96 bits per heavy atom. The van der Waals surface area contributed by atoms with Gasteiger partial charge in [-0.05, 0) is 42.8 Å². The summed E-state index contributed by atoms with van der Waals surface area (Å²) in [5.41, 5.74) is 0.731. The quantitative estimate of drug-likeness (QED) is 0.419. The first-order chi connectivity index (χ1) is 13.2. The summed E-state index contributed by atoms with van der Waals surface area (Å²) < 4.78 is 20.8. The number of esters is 1. The van der Waals surface area contributed by atoms with Crippen LogP contribution in [0.15, 0.2) is 53.3 Å². The van der Waals surface area contributed by atoms with E-state index in [1.165, 1.54) is 0 Å². The molecule has 140 valence electrons. The lowest BCUT2D eigenvalue weighted by Crippen LogP contribution is -2.07. The van der Waals surface area contributed by atoms with E-state index in [4.69, 9.17) is 18.7 Å². The second-order valence-corrected chi connectivity index (χ2v) is 5.54. The second kappa shape index (κ2) is 9.33. The highest BCUT2D eigenvalue weighted by atomic mass is 16.6. The highest BCUT2D eigenvalue weighted by Crippen LogP contribution is 2.17. The zero-order valence-corrected chi connectivity index (χ0v) is 14.8. The smallest absolute Gasteiger partial charge is 0.306 e. The summed E-state index contributed by atoms with van der Waals surface area (Å²) in [7, 11) is 1.61. The molecule has 8 nitrogen and oxygen atoms in total. The van der Waals surface area contributed by atoms with E-state index in [1.54, 1.807) is 25.6 Å². The van der Waals surface area contributed by atoms with Gasteiger partial charge < -0.3 is 18.7 Å². The minimum Gasteiger partial charge on any atom is -0.497 e. The van der Waals surface area contributed by atoms with Crippen molar-refractivity contribution < 1.29 is 23.5 Å². The number of methoxy groups -OCH3 is 1. The topological polar surface area (TPSA) is 96.6 Å². The molecule has 0 bridgehead atoms. The molecule has 0 aliphatic rings. The van der Waals surface area contributed by atoms with Crippen LogP contribution in [0.5, 0.6) is 11.5 Å². The van der Waals surface area contributed by atoms with E-state index >= 15 is 0 Å². The Balaban J connectivity index is 1.35. The maximum atomic E-state index is 11.8. The number of carbonyl (C=O) groups excluding carboxylic acids is 1. The van der Waals surface area contributed by atoms with Crippen molar-refractivity contribution in [2.45, 2.75) is 19.4 Å². The molecule has 3 aromatic rings. The van der Waals surface area contributed by atoms with E-state index in [1.807, 2.05) is 30.3 Å². The van der Waals surface area contributed by atoms with Crippen LogP contribution in [0, 0.1) is 0 Å². The van der Waals surface area contributed by atoms with Crippen LogP contribution in [0.1, 0.15) is 18.7 Å². The van der Waals surface area contributed by atoms with Crippen LogP contribution in [0.4, 0.5) is 0 Å². The third-order valence-electron chi connectivity index (χ3n) is 3.60. The Morgan fingerprint density at radius 1 is 1.15 bits per heavy atom. The molecule has 0 fully saturated rings. The average molecular weight is 369 g/mol. The van der Waals surface area contributed by atoms with Crippen molar-refractivity contribution in [3.05, 3.63) is 54.7 Å². The SMILES string of the molecule is COc1ccc(OCCCC(=O)OCc2nc(-c3cccnc3)no2)cc1. The summed E-state index contributed by atoms with van der Waals surface area (Å²) >= 11 is 0. The fourth-order valence-corrected chi connectivity index (χ4v) is 2.22. The van der Waals surface area contributed by atoms with Gasteiger partial charge >= 0.3 is 5.97 Å². The summed E-state index contributed by atoms with van der Waals surface area (Å²) in [5, 5.41) is 3.84. The number of hydrogen-bond acceptors (Lipinski definition) is 8. The van der Waals surface area contributed by atoms with E-state index in [9.17, 15) is 4.79 Å². The van der Waals surface area contributed by atoms with Crippen LogP contribution in [0.2, 0.25) is 0 Å². The molecule has 0 radical (unpaired) electrons. The zero-order valence-electron chi connectivity index (χ0n) is 14.8. The van der Waals surface area contributed by atoms with E-state index in [0.29, 0.717) is 18.9 Å². The van der Waals surface area contributed by atoms with Gasteiger partial charge in [-0.2, -0.15) is 4.98 Å². The molecule has 0 saturated carbocycles. The molecule has 0 aliphatic heterocycles. The van der Waals surface area contributed by atoms with Crippen LogP contribution in [-0.4, -0.2) is 34.8 Å². The van der Waals surface area contributed by atoms with E-state index < -0.39 is 0 Å². The third-order valence-corrected chi connectivity index (χ3v) is 3.60. The van der Waals surface area contributed by atoms with Crippen molar-refractivity contribution >= 4 is 5.97 Å². The second-order valence-electron chi connectivity index (χ2n) is 5.54. The Hall–Kier alpha value is -3.42. The van der Waals surface area contributed by atoms with Gasteiger partial charge in [0.25, 0.3) is 5.89 Å². The number of benzene rings is 1. The number of rotatable bonds is 9. The molecule has 8 heteroatoms. The largest absolute Gasteiger partial charge is 0.497 e. The van der Waals surface area contributed by atoms with Gasteiger partial charge in [0.1, 0.15) is 11.5 Å². The van der Waals surface area contributed by atoms with Crippen LogP contribution in [0.25, 0.3) is 11.4 Å². The monoisotopic (exact) mass is 369 g/mol. The van der Waals surface area contributed by atoms with Crippen molar-refractivity contribution in [3.63, 3.8) is 0 Å². The number of ether oxygens (including phenoxy) is 3. The standard InChI is InChI=1S/C19H19N3O5/c1-24-15-6-8-16(9-7-15)25-11-3-5-18(23)26-13-17-21-19(22-27-17)14-4-2-10-20-12-14/h2,4,6-10,12H,3,5,11,13H2,1H3. The van der Waals surface area contributed by atoms with Crippen LogP contribution in [0.3, 0.4) is 0 Å². The minimum absolute atomic E-state index is 0.0641. The minimum atomic E-state index is -0.352. The summed E-state index contributed by atoms with van der Waals surface area (Å²) in [6.45, 7) is 0.346. The lowest BCUT2D eigenvalue weighted by Gasteiger charge is -2.06. The normalized spacial score (nSPS) is 10.4. The van der Waals surface area contributed by atoms with Crippen molar-refractivity contribution in [2.24, 2.45) is 0 Å².